The molecule has 1 saturated heterocycles. The van der Waals surface area contributed by atoms with Gasteiger partial charge in [0.2, 0.25) is 5.91 Å². The predicted molar refractivity (Wildman–Crippen MR) is 98.6 cm³/mol. The van der Waals surface area contributed by atoms with E-state index in [-0.39, 0.29) is 29.5 Å². The van der Waals surface area contributed by atoms with E-state index in [0.717, 1.165) is 27.3 Å². The first-order valence-electron chi connectivity index (χ1n) is 8.32. The fraction of sp³-hybridized carbons (Fsp3) is 0.250. The van der Waals surface area contributed by atoms with Crippen LogP contribution >= 0.6 is 0 Å². The molecule has 0 saturated carbocycles. The molecule has 1 aliphatic heterocycles. The molecule has 26 heavy (non-hydrogen) atoms. The van der Waals surface area contributed by atoms with Crippen LogP contribution in [0.3, 0.4) is 0 Å². The van der Waals surface area contributed by atoms with E-state index in [9.17, 15) is 14.4 Å². The number of amides is 2. The Balaban J connectivity index is 1.88. The van der Waals surface area contributed by atoms with Crippen molar-refractivity contribution in [2.24, 2.45) is 0 Å². The molecule has 134 valence electrons. The Morgan fingerprint density at radius 1 is 1.12 bits per heavy atom. The van der Waals surface area contributed by atoms with E-state index in [2.05, 4.69) is 5.32 Å². The third kappa shape index (κ3) is 3.18. The topological polar surface area (TPSA) is 86.7 Å². The lowest BCUT2D eigenvalue weighted by Gasteiger charge is -2.19. The summed E-state index contributed by atoms with van der Waals surface area (Å²) in [6, 6.07) is 9.21. The first-order valence-corrected chi connectivity index (χ1v) is 8.32. The van der Waals surface area contributed by atoms with E-state index in [0.29, 0.717) is 0 Å². The SMILES string of the molecule is Cc1cc(C)c(NC2CC(=O)N(c3cccc(C(=O)O)c3)C2=O)c(C)c1. The molecule has 0 aliphatic carbocycles. The fourth-order valence-corrected chi connectivity index (χ4v) is 3.38. The smallest absolute Gasteiger partial charge is 0.335 e. The number of anilines is 2. The second-order valence-corrected chi connectivity index (χ2v) is 6.60. The number of carbonyl (C=O) groups excluding carboxylic acids is 2. The van der Waals surface area contributed by atoms with Crippen molar-refractivity contribution < 1.29 is 19.5 Å². The molecule has 6 nitrogen and oxygen atoms in total. The van der Waals surface area contributed by atoms with Gasteiger partial charge in [0.1, 0.15) is 6.04 Å². The van der Waals surface area contributed by atoms with Crippen LogP contribution in [0.5, 0.6) is 0 Å². The number of carbonyl (C=O) groups is 3. The van der Waals surface area contributed by atoms with Crippen LogP contribution in [0.25, 0.3) is 0 Å². The molecular weight excluding hydrogens is 332 g/mol. The molecule has 1 aliphatic rings. The fourth-order valence-electron chi connectivity index (χ4n) is 3.38. The van der Waals surface area contributed by atoms with E-state index >= 15 is 0 Å². The van der Waals surface area contributed by atoms with Crippen molar-refractivity contribution in [3.05, 3.63) is 58.7 Å². The van der Waals surface area contributed by atoms with Gasteiger partial charge in [0.15, 0.2) is 0 Å². The zero-order valence-corrected chi connectivity index (χ0v) is 14.9. The van der Waals surface area contributed by atoms with Crippen molar-refractivity contribution in [3.8, 4) is 0 Å². The summed E-state index contributed by atoms with van der Waals surface area (Å²) in [5, 5.41) is 12.3. The van der Waals surface area contributed by atoms with Crippen molar-refractivity contribution in [2.45, 2.75) is 33.2 Å². The molecule has 2 N–H and O–H groups in total. The Hall–Kier alpha value is -3.15. The Morgan fingerprint density at radius 3 is 2.38 bits per heavy atom. The number of benzene rings is 2. The summed E-state index contributed by atoms with van der Waals surface area (Å²) >= 11 is 0. The van der Waals surface area contributed by atoms with Crippen molar-refractivity contribution in [3.63, 3.8) is 0 Å². The van der Waals surface area contributed by atoms with Gasteiger partial charge in [0, 0.05) is 5.69 Å². The molecule has 1 unspecified atom stereocenters. The molecule has 0 spiro atoms. The minimum atomic E-state index is -1.11. The number of hydrogen-bond donors (Lipinski definition) is 2. The molecule has 3 rings (SSSR count). The normalized spacial score (nSPS) is 16.9. The summed E-state index contributed by atoms with van der Waals surface area (Å²) in [6.07, 6.45) is 0.0306. The molecule has 6 heteroatoms. The molecule has 2 aromatic rings. The number of imide groups is 1. The Kier molecular flexibility index (Phi) is 4.50. The molecule has 2 aromatic carbocycles. The zero-order chi connectivity index (χ0) is 19.0. The summed E-state index contributed by atoms with van der Waals surface area (Å²) in [4.78, 5) is 37.4. The number of nitrogens with zero attached hydrogens (tertiary/aromatic N) is 1. The number of aryl methyl sites for hydroxylation is 3. The van der Waals surface area contributed by atoms with Crippen molar-refractivity contribution in [2.75, 3.05) is 10.2 Å². The number of rotatable bonds is 4. The molecule has 0 bridgehead atoms. The minimum Gasteiger partial charge on any atom is -0.478 e. The number of carboxylic acid groups (broad SMARTS) is 1. The average molecular weight is 352 g/mol. The van der Waals surface area contributed by atoms with Gasteiger partial charge in [-0.2, -0.15) is 0 Å². The lowest BCUT2D eigenvalue weighted by Crippen LogP contribution is -2.35. The quantitative estimate of drug-likeness (QED) is 0.826. The third-order valence-corrected chi connectivity index (χ3v) is 4.49. The maximum absolute atomic E-state index is 12.8. The molecule has 1 fully saturated rings. The monoisotopic (exact) mass is 352 g/mol. The molecule has 2 amide bonds. The van der Waals surface area contributed by atoms with Gasteiger partial charge in [-0.3, -0.25) is 9.59 Å². The first-order chi connectivity index (χ1) is 12.3. The highest BCUT2D eigenvalue weighted by Crippen LogP contribution is 2.28. The minimum absolute atomic E-state index is 0.0306. The van der Waals surface area contributed by atoms with E-state index in [4.69, 9.17) is 5.11 Å². The lowest BCUT2D eigenvalue weighted by molar-refractivity contribution is -0.121. The maximum atomic E-state index is 12.8. The standard InChI is InChI=1S/C20H20N2O4/c1-11-7-12(2)18(13(3)8-11)21-16-10-17(23)22(19(16)24)15-6-4-5-14(9-15)20(25)26/h4-9,16,21H,10H2,1-3H3,(H,25,26). The third-order valence-electron chi connectivity index (χ3n) is 4.49. The van der Waals surface area contributed by atoms with Crippen LogP contribution in [0.1, 0.15) is 33.5 Å². The summed E-state index contributed by atoms with van der Waals surface area (Å²) < 4.78 is 0. The predicted octanol–water partition coefficient (Wildman–Crippen LogP) is 3.05. The van der Waals surface area contributed by atoms with E-state index < -0.39 is 12.0 Å². The van der Waals surface area contributed by atoms with Gasteiger partial charge in [-0.15, -0.1) is 0 Å². The molecule has 0 aromatic heterocycles. The number of aromatic carboxylic acids is 1. The highest BCUT2D eigenvalue weighted by Gasteiger charge is 2.40. The number of carboxylic acids is 1. The van der Waals surface area contributed by atoms with Gasteiger partial charge in [-0.1, -0.05) is 23.8 Å². The lowest BCUT2D eigenvalue weighted by atomic mass is 10.0. The highest BCUT2D eigenvalue weighted by molar-refractivity contribution is 6.23. The molecular formula is C20H20N2O4. The molecule has 1 heterocycles. The second kappa shape index (κ2) is 6.63. The number of hydrogen-bond acceptors (Lipinski definition) is 4. The van der Waals surface area contributed by atoms with Crippen molar-refractivity contribution in [1.29, 1.82) is 0 Å². The Bertz CT molecular complexity index is 897. The largest absolute Gasteiger partial charge is 0.478 e. The van der Waals surface area contributed by atoms with Crippen LogP contribution in [0.2, 0.25) is 0 Å². The molecule has 1 atom stereocenters. The van der Waals surface area contributed by atoms with Crippen molar-refractivity contribution in [1.82, 2.24) is 0 Å². The summed E-state index contributed by atoms with van der Waals surface area (Å²) in [7, 11) is 0. The van der Waals surface area contributed by atoms with Crippen LogP contribution in [-0.4, -0.2) is 28.9 Å². The average Bonchev–Trinajstić information content (AvgIpc) is 2.84. The summed E-state index contributed by atoms with van der Waals surface area (Å²) in [5.41, 5.74) is 4.31. The van der Waals surface area contributed by atoms with Gasteiger partial charge in [-0.05, 0) is 50.1 Å². The summed E-state index contributed by atoms with van der Waals surface area (Å²) in [5.74, 6) is -1.83. The van der Waals surface area contributed by atoms with E-state index in [1.807, 2.05) is 32.9 Å². The van der Waals surface area contributed by atoms with Gasteiger partial charge in [-0.25, -0.2) is 9.69 Å². The van der Waals surface area contributed by atoms with Gasteiger partial charge >= 0.3 is 5.97 Å². The summed E-state index contributed by atoms with van der Waals surface area (Å²) in [6.45, 7) is 5.92. The van der Waals surface area contributed by atoms with Gasteiger partial charge in [0.25, 0.3) is 5.91 Å². The van der Waals surface area contributed by atoms with Gasteiger partial charge < -0.3 is 10.4 Å². The highest BCUT2D eigenvalue weighted by atomic mass is 16.4. The van der Waals surface area contributed by atoms with Crippen LogP contribution in [0.15, 0.2) is 36.4 Å². The van der Waals surface area contributed by atoms with Gasteiger partial charge in [0.05, 0.1) is 17.7 Å². The van der Waals surface area contributed by atoms with E-state index in [1.165, 1.54) is 18.2 Å². The molecule has 0 radical (unpaired) electrons. The van der Waals surface area contributed by atoms with Crippen LogP contribution in [0, 0.1) is 20.8 Å². The van der Waals surface area contributed by atoms with Crippen molar-refractivity contribution >= 4 is 29.2 Å². The van der Waals surface area contributed by atoms with Crippen LogP contribution < -0.4 is 10.2 Å². The Morgan fingerprint density at radius 2 is 1.77 bits per heavy atom. The van der Waals surface area contributed by atoms with Crippen LogP contribution in [0.4, 0.5) is 11.4 Å². The second-order valence-electron chi connectivity index (χ2n) is 6.60. The van der Waals surface area contributed by atoms with Crippen LogP contribution in [-0.2, 0) is 9.59 Å². The maximum Gasteiger partial charge on any atom is 0.335 e. The zero-order valence-electron chi connectivity index (χ0n) is 14.9. The van der Waals surface area contributed by atoms with E-state index in [1.54, 1.807) is 6.07 Å². The Labute approximate surface area is 151 Å². The first kappa shape index (κ1) is 17.7. The number of nitrogens with one attached hydrogen (secondary N) is 1.